The summed E-state index contributed by atoms with van der Waals surface area (Å²) < 4.78 is 0. The molecule has 7 heteroatoms. The van der Waals surface area contributed by atoms with E-state index < -0.39 is 69.2 Å². The third-order valence-corrected chi connectivity index (χ3v) is 9.09. The van der Waals surface area contributed by atoms with E-state index in [1.165, 1.54) is 13.8 Å². The topological polar surface area (TPSA) is 129 Å². The molecule has 0 aromatic carbocycles. The highest BCUT2D eigenvalue weighted by atomic mass is 16.4. The number of fused-ring (bicyclic) bond motifs is 3. The number of hydrogen-bond donors (Lipinski definition) is 3. The van der Waals surface area contributed by atoms with Crippen molar-refractivity contribution >= 4 is 23.3 Å². The largest absolute Gasteiger partial charge is 0.481 e. The minimum Gasteiger partial charge on any atom is -0.481 e. The number of carboxylic acid groups (broad SMARTS) is 1. The molecule has 7 nitrogen and oxygen atoms in total. The fourth-order valence-electron chi connectivity index (χ4n) is 7.46. The molecule has 8 atom stereocenters. The maximum atomic E-state index is 13.6. The van der Waals surface area contributed by atoms with Crippen molar-refractivity contribution in [3.63, 3.8) is 0 Å². The van der Waals surface area contributed by atoms with E-state index in [0.717, 1.165) is 0 Å². The van der Waals surface area contributed by atoms with Gasteiger partial charge in [-0.2, -0.15) is 0 Å². The predicted octanol–water partition coefficient (Wildman–Crippen LogP) is 2.18. The molecule has 3 aliphatic rings. The molecule has 0 bridgehead atoms. The van der Waals surface area contributed by atoms with Crippen LogP contribution >= 0.6 is 0 Å². The van der Waals surface area contributed by atoms with Gasteiger partial charge >= 0.3 is 5.97 Å². The van der Waals surface area contributed by atoms with Crippen LogP contribution < -0.4 is 0 Å². The Bertz CT molecular complexity index is 900. The number of carbonyl (C=O) groups is 4. The zero-order valence-corrected chi connectivity index (χ0v) is 19.4. The number of aliphatic hydroxyl groups excluding tert-OH is 2. The van der Waals surface area contributed by atoms with Crippen molar-refractivity contribution < 1.29 is 34.5 Å². The second-order valence-electron chi connectivity index (χ2n) is 11.1. The van der Waals surface area contributed by atoms with Crippen LogP contribution in [0.15, 0.2) is 11.6 Å². The lowest BCUT2D eigenvalue weighted by Gasteiger charge is -2.65. The van der Waals surface area contributed by atoms with E-state index in [1.54, 1.807) is 27.7 Å². The van der Waals surface area contributed by atoms with E-state index >= 15 is 0 Å². The van der Waals surface area contributed by atoms with E-state index in [1.807, 2.05) is 13.0 Å². The van der Waals surface area contributed by atoms with Crippen molar-refractivity contribution in [3.8, 4) is 0 Å². The predicted molar refractivity (Wildman–Crippen MR) is 112 cm³/mol. The number of Topliss-reactive ketones (excluding diaryl/α,β-unsaturated/α-hetero) is 3. The Kier molecular flexibility index (Phi) is 5.23. The SMILES string of the molecule is CC1=C[C@H]2[C@]3(C)CCC(=O)C(C)(C)[C@H]3C(=O)[C@@H](O)[C@]2(C)[C@@H](C(=O)O)[C@]1(C)C(=O)[C@@H](C)O. The van der Waals surface area contributed by atoms with Crippen LogP contribution in [0.3, 0.4) is 0 Å². The lowest BCUT2D eigenvalue weighted by molar-refractivity contribution is -0.209. The molecule has 0 aromatic heterocycles. The number of allylic oxidation sites excluding steroid dienone is 2. The van der Waals surface area contributed by atoms with Crippen molar-refractivity contribution in [2.75, 3.05) is 0 Å². The van der Waals surface area contributed by atoms with Gasteiger partial charge in [-0.1, -0.05) is 39.3 Å². The van der Waals surface area contributed by atoms with E-state index in [9.17, 15) is 34.5 Å². The van der Waals surface area contributed by atoms with Gasteiger partial charge in [0.1, 0.15) is 18.0 Å². The lowest BCUT2D eigenvalue weighted by Crippen LogP contribution is -2.72. The molecule has 0 spiro atoms. The van der Waals surface area contributed by atoms with E-state index in [-0.39, 0.29) is 12.2 Å². The number of carbonyl (C=O) groups excluding carboxylic acids is 3. The molecule has 0 saturated heterocycles. The minimum atomic E-state index is -1.66. The third-order valence-electron chi connectivity index (χ3n) is 9.09. The minimum absolute atomic E-state index is 0.0421. The number of aliphatic carboxylic acids is 1. The van der Waals surface area contributed by atoms with Gasteiger partial charge in [0, 0.05) is 23.2 Å². The van der Waals surface area contributed by atoms with E-state index in [4.69, 9.17) is 0 Å². The molecule has 0 aliphatic heterocycles. The standard InChI is InChI=1S/C24H34O7/c1-11-10-13-22(5)9-8-14(26)21(3,4)16(22)15(27)19(29)24(13,7)17(20(30)31)23(11,6)18(28)12(2)25/h10,12-13,16-17,19,25,29H,8-9H2,1-7H3,(H,30,31)/t12-,13+,16-,17+,19-,22+,23-,24+/m1/s1. The van der Waals surface area contributed by atoms with Gasteiger partial charge in [-0.15, -0.1) is 0 Å². The fraction of sp³-hybridized carbons (Fsp3) is 0.750. The number of aliphatic hydroxyl groups is 2. The molecule has 172 valence electrons. The van der Waals surface area contributed by atoms with Gasteiger partial charge in [-0.05, 0) is 38.5 Å². The number of hydrogen-bond acceptors (Lipinski definition) is 6. The zero-order valence-electron chi connectivity index (χ0n) is 19.4. The molecule has 3 aliphatic carbocycles. The Morgan fingerprint density at radius 2 is 1.68 bits per heavy atom. The Balaban J connectivity index is 2.36. The summed E-state index contributed by atoms with van der Waals surface area (Å²) in [4.78, 5) is 52.0. The Hall–Kier alpha value is -1.86. The molecule has 0 amide bonds. The summed E-state index contributed by atoms with van der Waals surface area (Å²) in [6, 6.07) is 0. The second kappa shape index (κ2) is 6.82. The zero-order chi connectivity index (χ0) is 23.9. The molecule has 0 unspecified atom stereocenters. The van der Waals surface area contributed by atoms with Crippen LogP contribution in [0.25, 0.3) is 0 Å². The van der Waals surface area contributed by atoms with Crippen LogP contribution in [-0.2, 0) is 19.2 Å². The maximum absolute atomic E-state index is 13.6. The Morgan fingerprint density at radius 1 is 1.13 bits per heavy atom. The lowest BCUT2D eigenvalue weighted by atomic mass is 9.36. The van der Waals surface area contributed by atoms with Gasteiger partial charge in [0.2, 0.25) is 0 Å². The fourth-order valence-corrected chi connectivity index (χ4v) is 7.46. The first-order valence-corrected chi connectivity index (χ1v) is 10.9. The van der Waals surface area contributed by atoms with Gasteiger partial charge in [0.15, 0.2) is 11.6 Å². The van der Waals surface area contributed by atoms with Crippen LogP contribution in [0.2, 0.25) is 0 Å². The number of ketones is 3. The van der Waals surface area contributed by atoms with Crippen LogP contribution in [-0.4, -0.2) is 50.8 Å². The summed E-state index contributed by atoms with van der Waals surface area (Å²) in [5.74, 6) is -5.25. The monoisotopic (exact) mass is 434 g/mol. The first-order valence-electron chi connectivity index (χ1n) is 10.9. The van der Waals surface area contributed by atoms with Crippen molar-refractivity contribution in [3.05, 3.63) is 11.6 Å². The number of carboxylic acids is 1. The molecular formula is C24H34O7. The van der Waals surface area contributed by atoms with Gasteiger partial charge in [0.25, 0.3) is 0 Å². The first-order chi connectivity index (χ1) is 14.0. The molecule has 0 heterocycles. The maximum Gasteiger partial charge on any atom is 0.308 e. The molecule has 3 rings (SSSR count). The van der Waals surface area contributed by atoms with Crippen molar-refractivity contribution in [1.82, 2.24) is 0 Å². The third kappa shape index (κ3) is 2.72. The highest BCUT2D eigenvalue weighted by Gasteiger charge is 2.73. The summed E-state index contributed by atoms with van der Waals surface area (Å²) >= 11 is 0. The summed E-state index contributed by atoms with van der Waals surface area (Å²) in [6.07, 6.45) is -0.567. The van der Waals surface area contributed by atoms with Crippen molar-refractivity contribution in [1.29, 1.82) is 0 Å². The smallest absolute Gasteiger partial charge is 0.308 e. The molecule has 31 heavy (non-hydrogen) atoms. The average Bonchev–Trinajstić information content (AvgIpc) is 2.65. The van der Waals surface area contributed by atoms with Crippen molar-refractivity contribution in [2.45, 2.75) is 73.5 Å². The summed E-state index contributed by atoms with van der Waals surface area (Å²) in [5, 5.41) is 31.7. The molecule has 2 saturated carbocycles. The summed E-state index contributed by atoms with van der Waals surface area (Å²) in [5.41, 5.74) is -4.31. The molecule has 3 N–H and O–H groups in total. The van der Waals surface area contributed by atoms with Gasteiger partial charge in [-0.3, -0.25) is 19.2 Å². The number of rotatable bonds is 3. The van der Waals surface area contributed by atoms with Crippen molar-refractivity contribution in [2.24, 2.45) is 39.4 Å². The average molecular weight is 435 g/mol. The summed E-state index contributed by atoms with van der Waals surface area (Å²) in [6.45, 7) is 11.4. The van der Waals surface area contributed by atoms with Crippen LogP contribution in [0.1, 0.15) is 61.3 Å². The normalized spacial score (nSPS) is 45.3. The summed E-state index contributed by atoms with van der Waals surface area (Å²) in [7, 11) is 0. The van der Waals surface area contributed by atoms with Crippen LogP contribution in [0.4, 0.5) is 0 Å². The van der Waals surface area contributed by atoms with Gasteiger partial charge in [-0.25, -0.2) is 0 Å². The van der Waals surface area contributed by atoms with E-state index in [2.05, 4.69) is 0 Å². The first kappa shape index (κ1) is 23.8. The Labute approximate surface area is 182 Å². The molecule has 2 fully saturated rings. The Morgan fingerprint density at radius 3 is 2.16 bits per heavy atom. The molecule has 0 radical (unpaired) electrons. The second-order valence-corrected chi connectivity index (χ2v) is 11.1. The van der Waals surface area contributed by atoms with Crippen LogP contribution in [0.5, 0.6) is 0 Å². The molecular weight excluding hydrogens is 400 g/mol. The van der Waals surface area contributed by atoms with Crippen LogP contribution in [0, 0.1) is 39.4 Å². The quantitative estimate of drug-likeness (QED) is 0.581. The highest BCUT2D eigenvalue weighted by Crippen LogP contribution is 2.68. The molecule has 0 aromatic rings. The van der Waals surface area contributed by atoms with E-state index in [0.29, 0.717) is 12.0 Å². The van der Waals surface area contributed by atoms with Gasteiger partial charge in [0.05, 0.1) is 11.3 Å². The highest BCUT2D eigenvalue weighted by molar-refractivity contribution is 6.00. The van der Waals surface area contributed by atoms with Gasteiger partial charge < -0.3 is 15.3 Å².